The van der Waals surface area contributed by atoms with Gasteiger partial charge < -0.3 is 19.9 Å². The van der Waals surface area contributed by atoms with Crippen molar-refractivity contribution in [3.8, 4) is 45.0 Å². The molecule has 0 unspecified atom stereocenters. The van der Waals surface area contributed by atoms with E-state index in [0.717, 1.165) is 32.9 Å². The van der Waals surface area contributed by atoms with Crippen LogP contribution in [0.5, 0.6) is 0 Å². The summed E-state index contributed by atoms with van der Waals surface area (Å²) in [7, 11) is 0. The molecule has 0 aliphatic heterocycles. The third kappa shape index (κ3) is 6.27. The number of nitrogens with zero attached hydrogens (tertiary/aromatic N) is 4. The first-order chi connectivity index (χ1) is 27.2. The van der Waals surface area contributed by atoms with Gasteiger partial charge in [-0.1, -0.05) is 36.4 Å². The van der Waals surface area contributed by atoms with Gasteiger partial charge in [0, 0.05) is 56.5 Å². The van der Waals surface area contributed by atoms with Gasteiger partial charge in [-0.15, -0.1) is 0 Å². The molecule has 12 nitrogen and oxygen atoms in total. The molecule has 0 spiro atoms. The lowest BCUT2D eigenvalue weighted by Crippen LogP contribution is -2.12. The van der Waals surface area contributed by atoms with Crippen molar-refractivity contribution in [2.75, 3.05) is 0 Å². The molecule has 272 valence electrons. The van der Waals surface area contributed by atoms with Gasteiger partial charge in [-0.25, -0.2) is 28.7 Å². The predicted octanol–water partition coefficient (Wildman–Crippen LogP) is 8.66. The molecule has 0 atom stereocenters. The molecule has 0 fully saturated rings. The van der Waals surface area contributed by atoms with Crippen LogP contribution in [0.2, 0.25) is 0 Å². The van der Waals surface area contributed by atoms with Crippen LogP contribution >= 0.6 is 24.4 Å². The molecule has 10 rings (SSSR count). The molecule has 6 N–H and O–H groups in total. The smallest absolute Gasteiger partial charge is 0.279 e. The lowest BCUT2D eigenvalue weighted by Gasteiger charge is -2.10. The Morgan fingerprint density at radius 1 is 0.464 bits per heavy atom. The summed E-state index contributed by atoms with van der Waals surface area (Å²) < 4.78 is 26.9. The second kappa shape index (κ2) is 13.8. The molecule has 6 aromatic heterocycles. The first-order valence-corrected chi connectivity index (χ1v) is 17.8. The van der Waals surface area contributed by atoms with Crippen LogP contribution < -0.4 is 11.1 Å². The normalized spacial score (nSPS) is 11.3. The van der Waals surface area contributed by atoms with Crippen LogP contribution in [0, 0.1) is 21.2 Å². The van der Waals surface area contributed by atoms with Gasteiger partial charge in [-0.3, -0.25) is 19.6 Å². The lowest BCUT2D eigenvalue weighted by atomic mass is 10.0. The molecular formula is C40H24F2N10O2S2. The minimum atomic E-state index is -0.481. The van der Waals surface area contributed by atoms with Crippen LogP contribution in [0.3, 0.4) is 0 Å². The average molecular weight is 779 g/mol. The van der Waals surface area contributed by atoms with E-state index in [4.69, 9.17) is 34.4 Å². The molecule has 0 radical (unpaired) electrons. The molecule has 0 aliphatic carbocycles. The maximum Gasteiger partial charge on any atom is 0.279 e. The van der Waals surface area contributed by atoms with Crippen LogP contribution in [0.4, 0.5) is 8.78 Å². The first kappa shape index (κ1) is 34.5. The highest BCUT2D eigenvalue weighted by atomic mass is 32.1. The molecule has 4 aromatic carbocycles. The maximum atomic E-state index is 13.3. The number of benzene rings is 4. The van der Waals surface area contributed by atoms with Crippen molar-refractivity contribution in [3.05, 3.63) is 151 Å². The Kier molecular flexibility index (Phi) is 8.52. The number of aromatic nitrogens is 10. The van der Waals surface area contributed by atoms with E-state index < -0.39 is 11.4 Å². The van der Waals surface area contributed by atoms with Crippen LogP contribution in [-0.4, -0.2) is 49.8 Å². The highest BCUT2D eigenvalue weighted by Crippen LogP contribution is 2.37. The largest absolute Gasteiger partial charge is 0.360 e. The van der Waals surface area contributed by atoms with Crippen LogP contribution in [0.15, 0.2) is 119 Å². The lowest BCUT2D eigenvalue weighted by molar-refractivity contribution is 0.627. The molecule has 0 aliphatic rings. The minimum Gasteiger partial charge on any atom is -0.360 e. The fraction of sp³-hybridized carbons (Fsp3) is 0. The zero-order valence-electron chi connectivity index (χ0n) is 28.6. The number of rotatable bonds is 4. The van der Waals surface area contributed by atoms with Crippen LogP contribution in [-0.2, 0) is 0 Å². The van der Waals surface area contributed by atoms with Crippen molar-refractivity contribution < 1.29 is 8.78 Å². The Labute approximate surface area is 322 Å². The Hall–Kier alpha value is -7.30. The standard InChI is InChI=1S/C22H14N6OS.C18H10F2N4OS/c29-21-19-20(27-22(30)28-21)26-18(14-10-24-16-8-4-2-6-12(14)16)17(25-19)13-9-23-15-7-3-1-5-11(13)15;19-11-5-1-9(2-6-11)13-14(10-3-7-12(20)8-4-10)22-16-15(21-13)17(25)24-18(26)23-16/h1-10,23-24H,(H2,26,27,28,29,30);1-8H,(H2,22,23,24,25,26). The van der Waals surface area contributed by atoms with Crippen molar-refractivity contribution in [1.29, 1.82) is 0 Å². The van der Waals surface area contributed by atoms with Gasteiger partial charge >= 0.3 is 0 Å². The molecule has 6 heterocycles. The Morgan fingerprint density at radius 3 is 1.34 bits per heavy atom. The first-order valence-electron chi connectivity index (χ1n) is 16.9. The van der Waals surface area contributed by atoms with Crippen molar-refractivity contribution in [3.63, 3.8) is 0 Å². The van der Waals surface area contributed by atoms with Gasteiger partial charge in [0.05, 0.1) is 17.1 Å². The fourth-order valence-corrected chi connectivity index (χ4v) is 6.87. The van der Waals surface area contributed by atoms with Gasteiger partial charge in [0.25, 0.3) is 11.1 Å². The van der Waals surface area contributed by atoms with Gasteiger partial charge in [0.1, 0.15) is 17.3 Å². The second-order valence-electron chi connectivity index (χ2n) is 12.6. The number of nitrogens with one attached hydrogen (secondary N) is 6. The Bertz CT molecular complexity index is 3390. The summed E-state index contributed by atoms with van der Waals surface area (Å²) >= 11 is 10.1. The van der Waals surface area contributed by atoms with E-state index in [-0.39, 0.29) is 37.6 Å². The van der Waals surface area contributed by atoms with E-state index in [1.807, 2.05) is 60.9 Å². The van der Waals surface area contributed by atoms with E-state index in [1.54, 1.807) is 12.1 Å². The van der Waals surface area contributed by atoms with Crippen molar-refractivity contribution >= 4 is 68.6 Å². The summed E-state index contributed by atoms with van der Waals surface area (Å²) in [4.78, 5) is 60.5. The van der Waals surface area contributed by atoms with Gasteiger partial charge in [0.15, 0.2) is 31.9 Å². The summed E-state index contributed by atoms with van der Waals surface area (Å²) in [6.45, 7) is 0. The number of aromatic amines is 6. The number of H-pyrrole nitrogens is 6. The van der Waals surface area contributed by atoms with E-state index in [9.17, 15) is 18.4 Å². The Balaban J connectivity index is 0.000000148. The molecular weight excluding hydrogens is 755 g/mol. The monoisotopic (exact) mass is 778 g/mol. The van der Waals surface area contributed by atoms with Crippen molar-refractivity contribution in [1.82, 2.24) is 49.8 Å². The zero-order valence-corrected chi connectivity index (χ0v) is 30.2. The number of halogens is 2. The number of fused-ring (bicyclic) bond motifs is 4. The van der Waals surface area contributed by atoms with Crippen LogP contribution in [0.25, 0.3) is 89.2 Å². The third-order valence-corrected chi connectivity index (χ3v) is 9.47. The molecule has 0 amide bonds. The molecule has 0 saturated heterocycles. The highest BCUT2D eigenvalue weighted by molar-refractivity contribution is 7.71. The van der Waals surface area contributed by atoms with E-state index in [0.29, 0.717) is 39.5 Å². The molecule has 10 aromatic rings. The molecule has 56 heavy (non-hydrogen) atoms. The number of hydrogen-bond donors (Lipinski definition) is 6. The summed E-state index contributed by atoms with van der Waals surface area (Å²) in [6, 6.07) is 27.4. The van der Waals surface area contributed by atoms with E-state index >= 15 is 0 Å². The van der Waals surface area contributed by atoms with Crippen molar-refractivity contribution in [2.45, 2.75) is 0 Å². The second-order valence-corrected chi connectivity index (χ2v) is 13.4. The van der Waals surface area contributed by atoms with Crippen LogP contribution in [0.1, 0.15) is 0 Å². The summed E-state index contributed by atoms with van der Waals surface area (Å²) in [6.07, 6.45) is 3.82. The van der Waals surface area contributed by atoms with Gasteiger partial charge in [-0.2, -0.15) is 0 Å². The van der Waals surface area contributed by atoms with Gasteiger partial charge in [0.2, 0.25) is 0 Å². The highest BCUT2D eigenvalue weighted by Gasteiger charge is 2.20. The van der Waals surface area contributed by atoms with E-state index in [2.05, 4.69) is 39.9 Å². The van der Waals surface area contributed by atoms with E-state index in [1.165, 1.54) is 36.4 Å². The third-order valence-electron chi connectivity index (χ3n) is 9.06. The molecule has 16 heteroatoms. The summed E-state index contributed by atoms with van der Waals surface area (Å²) in [5.41, 5.74) is 7.02. The fourth-order valence-electron chi connectivity index (χ4n) is 6.49. The molecule has 0 bridgehead atoms. The summed E-state index contributed by atoms with van der Waals surface area (Å²) in [5, 5.41) is 2.03. The number of hydrogen-bond acceptors (Lipinski definition) is 8. The quantitative estimate of drug-likeness (QED) is 0.0961. The zero-order chi connectivity index (χ0) is 38.5. The minimum absolute atomic E-state index is 0.0730. The predicted molar refractivity (Wildman–Crippen MR) is 216 cm³/mol. The Morgan fingerprint density at radius 2 is 0.857 bits per heavy atom. The summed E-state index contributed by atoms with van der Waals surface area (Å²) in [5.74, 6) is -0.783. The number of para-hydroxylation sites is 2. The SMILES string of the molecule is O=c1[nH]c(=S)[nH]c2nc(-c3c[nH]c4ccccc34)c(-c3c[nH]c4ccccc34)nc12.O=c1[nH]c(=S)[nH]c2nc(-c3ccc(F)cc3)c(-c3ccc(F)cc3)nc12. The maximum absolute atomic E-state index is 13.3. The average Bonchev–Trinajstić information content (AvgIpc) is 3.83. The van der Waals surface area contributed by atoms with Crippen molar-refractivity contribution in [2.24, 2.45) is 0 Å². The molecule has 0 saturated carbocycles. The topological polar surface area (TPSA) is 180 Å². The van der Waals surface area contributed by atoms with Gasteiger partial charge in [-0.05, 0) is 85.1 Å².